The van der Waals surface area contributed by atoms with Crippen molar-refractivity contribution in [3.8, 4) is 16.8 Å². The fourth-order valence-corrected chi connectivity index (χ4v) is 4.77. The third-order valence-electron chi connectivity index (χ3n) is 6.44. The van der Waals surface area contributed by atoms with Crippen LogP contribution in [0.25, 0.3) is 38.6 Å². The zero-order valence-corrected chi connectivity index (χ0v) is 18.6. The maximum absolute atomic E-state index is 13.1. The quantitative estimate of drug-likeness (QED) is 0.422. The van der Waals surface area contributed by atoms with Crippen molar-refractivity contribution in [2.75, 3.05) is 0 Å². The van der Waals surface area contributed by atoms with E-state index in [0.717, 1.165) is 45.2 Å². The van der Waals surface area contributed by atoms with Crippen LogP contribution in [0.4, 0.5) is 0 Å². The van der Waals surface area contributed by atoms with Gasteiger partial charge in [-0.1, -0.05) is 55.8 Å². The fraction of sp³-hybridized carbons (Fsp3) is 0.143. The Morgan fingerprint density at radius 2 is 1.66 bits per heavy atom. The molecule has 6 rings (SSSR count). The minimum atomic E-state index is 0. The Labute approximate surface area is 193 Å². The Morgan fingerprint density at radius 1 is 0.875 bits per heavy atom. The summed E-state index contributed by atoms with van der Waals surface area (Å²) in [5, 5.41) is 2.23. The molecular formula is C28H23ClN2O. The molecule has 1 N–H and O–H groups in total. The van der Waals surface area contributed by atoms with Gasteiger partial charge in [-0.3, -0.25) is 4.79 Å². The Balaban J connectivity index is 0.00000216. The van der Waals surface area contributed by atoms with Crippen LogP contribution in [-0.4, -0.2) is 10.8 Å². The molecule has 158 valence electrons. The van der Waals surface area contributed by atoms with Crippen LogP contribution in [0.15, 0.2) is 79.0 Å². The Morgan fingerprint density at radius 3 is 2.47 bits per heavy atom. The second kappa shape index (κ2) is 7.92. The van der Waals surface area contributed by atoms with Gasteiger partial charge in [-0.2, -0.15) is 4.57 Å². The van der Waals surface area contributed by atoms with E-state index >= 15 is 0 Å². The average Bonchev–Trinajstić information content (AvgIpc) is 3.33. The van der Waals surface area contributed by atoms with Gasteiger partial charge in [0, 0.05) is 28.4 Å². The molecule has 0 amide bonds. The van der Waals surface area contributed by atoms with Gasteiger partial charge in [0.25, 0.3) is 11.5 Å². The number of aromatic amines is 1. The predicted molar refractivity (Wildman–Crippen MR) is 125 cm³/mol. The molecule has 0 atom stereocenters. The average molecular weight is 439 g/mol. The molecule has 0 unspecified atom stereocenters. The van der Waals surface area contributed by atoms with E-state index < -0.39 is 0 Å². The van der Waals surface area contributed by atoms with E-state index in [1.54, 1.807) is 0 Å². The summed E-state index contributed by atoms with van der Waals surface area (Å²) in [6.07, 6.45) is 5.60. The lowest BCUT2D eigenvalue weighted by atomic mass is 10.00. The number of nitrogens with zero attached hydrogens (tertiary/aromatic N) is 1. The summed E-state index contributed by atoms with van der Waals surface area (Å²) in [6, 6.07) is 25.3. The standard InChI is InChI=1S/C28H22N2O.ClH/c1-2-3-6-18-9-11-19(12-10-18)20-13-14-24-23(17-20)21-15-16-30-25-8-5-4-7-22(25)28(31)27(30)26(21)29-24;/h4-5,7-17H,2-3,6H2,1H3;1H. The highest BCUT2D eigenvalue weighted by Gasteiger charge is 2.37. The summed E-state index contributed by atoms with van der Waals surface area (Å²) >= 11 is 0. The summed E-state index contributed by atoms with van der Waals surface area (Å²) in [5.74, 6) is 0.0793. The van der Waals surface area contributed by atoms with Crippen LogP contribution in [0.3, 0.4) is 0 Å². The van der Waals surface area contributed by atoms with E-state index in [2.05, 4.69) is 60.4 Å². The van der Waals surface area contributed by atoms with Gasteiger partial charge in [0.15, 0.2) is 6.20 Å². The van der Waals surface area contributed by atoms with Crippen LogP contribution >= 0.6 is 0 Å². The van der Waals surface area contributed by atoms with Crippen LogP contribution in [0, 0.1) is 0 Å². The molecule has 2 aromatic heterocycles. The molecule has 0 saturated heterocycles. The fourth-order valence-electron chi connectivity index (χ4n) is 4.77. The number of benzene rings is 3. The third-order valence-corrected chi connectivity index (χ3v) is 6.44. The SMILES string of the molecule is CCCCc1ccc(-c2ccc3[nH]c4c5[n+](ccc4c3c2)-c2ccccc2C5=O)cc1.[Cl-]. The summed E-state index contributed by atoms with van der Waals surface area (Å²) < 4.78 is 2.01. The van der Waals surface area contributed by atoms with E-state index in [0.29, 0.717) is 0 Å². The van der Waals surface area contributed by atoms with Crippen molar-refractivity contribution in [1.29, 1.82) is 0 Å². The van der Waals surface area contributed by atoms with Gasteiger partial charge in [0.1, 0.15) is 11.1 Å². The first-order valence-corrected chi connectivity index (χ1v) is 11.0. The van der Waals surface area contributed by atoms with Crippen LogP contribution in [0.5, 0.6) is 0 Å². The van der Waals surface area contributed by atoms with Crippen LogP contribution in [0.1, 0.15) is 41.4 Å². The van der Waals surface area contributed by atoms with Gasteiger partial charge >= 0.3 is 0 Å². The van der Waals surface area contributed by atoms with E-state index in [-0.39, 0.29) is 18.2 Å². The normalized spacial score (nSPS) is 12.1. The molecule has 32 heavy (non-hydrogen) atoms. The first-order valence-electron chi connectivity index (χ1n) is 11.0. The molecule has 4 heteroatoms. The molecule has 3 nitrogen and oxygen atoms in total. The topological polar surface area (TPSA) is 36.7 Å². The number of unbranched alkanes of at least 4 members (excludes halogenated alkanes) is 1. The van der Waals surface area contributed by atoms with E-state index in [1.165, 1.54) is 29.5 Å². The number of pyridine rings is 1. The summed E-state index contributed by atoms with van der Waals surface area (Å²) in [6.45, 7) is 2.23. The second-order valence-electron chi connectivity index (χ2n) is 8.36. The monoisotopic (exact) mass is 438 g/mol. The van der Waals surface area contributed by atoms with Crippen molar-refractivity contribution in [2.24, 2.45) is 0 Å². The summed E-state index contributed by atoms with van der Waals surface area (Å²) in [4.78, 5) is 16.6. The number of para-hydroxylation sites is 1. The summed E-state index contributed by atoms with van der Waals surface area (Å²) in [7, 11) is 0. The summed E-state index contributed by atoms with van der Waals surface area (Å²) in [5.41, 5.74) is 8.20. The molecule has 1 aliphatic heterocycles. The van der Waals surface area contributed by atoms with Gasteiger partial charge in [-0.05, 0) is 47.7 Å². The largest absolute Gasteiger partial charge is 1.00 e. The lowest BCUT2D eigenvalue weighted by Gasteiger charge is -2.05. The number of hydrogen-bond donors (Lipinski definition) is 1. The number of halogens is 1. The van der Waals surface area contributed by atoms with Crippen molar-refractivity contribution in [3.63, 3.8) is 0 Å². The number of aryl methyl sites for hydroxylation is 1. The van der Waals surface area contributed by atoms with Crippen LogP contribution in [-0.2, 0) is 6.42 Å². The van der Waals surface area contributed by atoms with Crippen molar-refractivity contribution in [2.45, 2.75) is 26.2 Å². The highest BCUT2D eigenvalue weighted by atomic mass is 35.5. The van der Waals surface area contributed by atoms with Gasteiger partial charge in [-0.25, -0.2) is 0 Å². The van der Waals surface area contributed by atoms with E-state index in [9.17, 15) is 4.79 Å². The lowest BCUT2D eigenvalue weighted by molar-refractivity contribution is -0.592. The first kappa shape index (κ1) is 20.5. The molecule has 0 radical (unpaired) electrons. The second-order valence-corrected chi connectivity index (χ2v) is 8.36. The molecule has 5 aromatic rings. The highest BCUT2D eigenvalue weighted by Crippen LogP contribution is 2.33. The number of aromatic nitrogens is 2. The van der Waals surface area contributed by atoms with Crippen molar-refractivity contribution in [3.05, 3.63) is 95.8 Å². The number of rotatable bonds is 4. The van der Waals surface area contributed by atoms with Gasteiger partial charge in [0.05, 0.1) is 0 Å². The smallest absolute Gasteiger partial charge is 0.284 e. The Hall–Kier alpha value is -3.43. The lowest BCUT2D eigenvalue weighted by Crippen LogP contribution is -3.00. The maximum Gasteiger partial charge on any atom is 0.284 e. The number of ketones is 1. The zero-order valence-electron chi connectivity index (χ0n) is 17.9. The van der Waals surface area contributed by atoms with Gasteiger partial charge in [0.2, 0.25) is 5.69 Å². The van der Waals surface area contributed by atoms with E-state index in [1.807, 2.05) is 35.0 Å². The highest BCUT2D eigenvalue weighted by molar-refractivity contribution is 6.20. The molecule has 0 fully saturated rings. The number of nitrogens with one attached hydrogen (secondary N) is 1. The zero-order chi connectivity index (χ0) is 20.9. The number of carbonyl (C=O) groups is 1. The van der Waals surface area contributed by atoms with Crippen LogP contribution < -0.4 is 17.0 Å². The van der Waals surface area contributed by atoms with Gasteiger partial charge in [-0.15, -0.1) is 0 Å². The molecule has 3 heterocycles. The van der Waals surface area contributed by atoms with Crippen molar-refractivity contribution in [1.82, 2.24) is 4.98 Å². The molecule has 1 aliphatic rings. The Kier molecular flexibility index (Phi) is 5.07. The molecule has 0 bridgehead atoms. The maximum atomic E-state index is 13.1. The molecule has 0 aliphatic carbocycles. The Bertz CT molecular complexity index is 1480. The molecule has 3 aromatic carbocycles. The molecule has 0 spiro atoms. The molecular weight excluding hydrogens is 416 g/mol. The number of hydrogen-bond acceptors (Lipinski definition) is 1. The van der Waals surface area contributed by atoms with Crippen molar-refractivity contribution < 1.29 is 21.8 Å². The third kappa shape index (κ3) is 3.04. The van der Waals surface area contributed by atoms with Crippen molar-refractivity contribution >= 4 is 27.6 Å². The number of carbonyl (C=O) groups excluding carboxylic acids is 1. The molecule has 0 saturated carbocycles. The number of fused-ring (bicyclic) bond motifs is 7. The predicted octanol–water partition coefficient (Wildman–Crippen LogP) is 3.16. The van der Waals surface area contributed by atoms with E-state index in [4.69, 9.17) is 0 Å². The first-order chi connectivity index (χ1) is 15.2. The minimum absolute atomic E-state index is 0. The number of H-pyrrole nitrogens is 1. The van der Waals surface area contributed by atoms with Crippen LogP contribution in [0.2, 0.25) is 0 Å². The van der Waals surface area contributed by atoms with Gasteiger partial charge < -0.3 is 17.4 Å². The minimum Gasteiger partial charge on any atom is -1.00 e.